The lowest BCUT2D eigenvalue weighted by Crippen LogP contribution is -2.47. The number of fused-ring (bicyclic) bond motifs is 1. The van der Waals surface area contributed by atoms with E-state index in [0.717, 1.165) is 12.8 Å². The maximum Gasteiger partial charge on any atom is 0.287 e. The molecule has 0 spiro atoms. The Morgan fingerprint density at radius 1 is 1.30 bits per heavy atom. The topological polar surface area (TPSA) is 82.7 Å². The lowest BCUT2D eigenvalue weighted by molar-refractivity contribution is -0.00145. The minimum atomic E-state index is -0.997. The Bertz CT molecular complexity index is 727. The average molecular weight is 321 g/mol. The van der Waals surface area contributed by atoms with E-state index in [1.165, 1.54) is 18.2 Å². The summed E-state index contributed by atoms with van der Waals surface area (Å²) in [5.74, 6) is -0.746. The van der Waals surface area contributed by atoms with Crippen molar-refractivity contribution in [1.29, 1.82) is 0 Å². The van der Waals surface area contributed by atoms with E-state index in [9.17, 15) is 19.4 Å². The lowest BCUT2D eigenvalue weighted by Gasteiger charge is -2.24. The summed E-state index contributed by atoms with van der Waals surface area (Å²) in [5.41, 5.74) is 0.996. The Labute approximate surface area is 133 Å². The number of aliphatic hydroxyl groups is 2. The fourth-order valence-electron chi connectivity index (χ4n) is 3.13. The van der Waals surface area contributed by atoms with E-state index in [4.69, 9.17) is 4.42 Å². The molecule has 6 heteroatoms. The smallest absolute Gasteiger partial charge is 0.287 e. The van der Waals surface area contributed by atoms with Crippen LogP contribution in [0.3, 0.4) is 0 Å². The minimum Gasteiger partial charge on any atom is -0.451 e. The predicted octanol–water partition coefficient (Wildman–Crippen LogP) is 2.27. The summed E-state index contributed by atoms with van der Waals surface area (Å²) in [5, 5.41) is 23.2. The van der Waals surface area contributed by atoms with Crippen molar-refractivity contribution in [2.45, 2.75) is 50.9 Å². The second kappa shape index (κ2) is 6.29. The molecule has 1 saturated carbocycles. The lowest BCUT2D eigenvalue weighted by atomic mass is 10.0. The molecule has 1 aromatic heterocycles. The molecule has 0 bridgehead atoms. The zero-order valence-electron chi connectivity index (χ0n) is 12.9. The van der Waals surface area contributed by atoms with Crippen LogP contribution >= 0.6 is 0 Å². The molecule has 3 rings (SSSR count). The van der Waals surface area contributed by atoms with Gasteiger partial charge in [-0.1, -0.05) is 12.8 Å². The van der Waals surface area contributed by atoms with Crippen LogP contribution in [0.15, 0.2) is 22.6 Å². The Balaban J connectivity index is 1.84. The molecule has 0 unspecified atom stereocenters. The molecule has 1 aliphatic rings. The highest BCUT2D eigenvalue weighted by molar-refractivity contribution is 5.99. The standard InChI is InChI=1S/C17H20FNO4/c1-9-11-8-10(18)6-7-14(11)23-16(9)17(22)19-12-4-2-3-5-13(20)15(12)21/h6-8,12-13,15,20-21H,2-5H2,1H3,(H,19,22)/t12-,13-,15-/m1/s1. The van der Waals surface area contributed by atoms with Crippen LogP contribution in [0.2, 0.25) is 0 Å². The van der Waals surface area contributed by atoms with E-state index < -0.39 is 30.0 Å². The van der Waals surface area contributed by atoms with Crippen LogP contribution < -0.4 is 5.32 Å². The predicted molar refractivity (Wildman–Crippen MR) is 82.6 cm³/mol. The number of furan rings is 1. The van der Waals surface area contributed by atoms with Gasteiger partial charge in [0.25, 0.3) is 5.91 Å². The van der Waals surface area contributed by atoms with Gasteiger partial charge in [-0.25, -0.2) is 4.39 Å². The van der Waals surface area contributed by atoms with E-state index in [0.29, 0.717) is 29.4 Å². The fourth-order valence-corrected chi connectivity index (χ4v) is 3.13. The van der Waals surface area contributed by atoms with Crippen LogP contribution in [0.4, 0.5) is 4.39 Å². The highest BCUT2D eigenvalue weighted by Crippen LogP contribution is 2.26. The van der Waals surface area contributed by atoms with Gasteiger partial charge in [-0.15, -0.1) is 0 Å². The van der Waals surface area contributed by atoms with E-state index >= 15 is 0 Å². The molecule has 1 aromatic carbocycles. The van der Waals surface area contributed by atoms with Crippen molar-refractivity contribution >= 4 is 16.9 Å². The van der Waals surface area contributed by atoms with Gasteiger partial charge < -0.3 is 19.9 Å². The number of amides is 1. The molecule has 0 saturated heterocycles. The minimum absolute atomic E-state index is 0.108. The van der Waals surface area contributed by atoms with Crippen LogP contribution in [0.25, 0.3) is 11.0 Å². The maximum absolute atomic E-state index is 13.3. The summed E-state index contributed by atoms with van der Waals surface area (Å²) in [6.45, 7) is 1.69. The molecule has 124 valence electrons. The number of hydrogen-bond acceptors (Lipinski definition) is 4. The summed E-state index contributed by atoms with van der Waals surface area (Å²) >= 11 is 0. The summed E-state index contributed by atoms with van der Waals surface area (Å²) in [6.07, 6.45) is 0.919. The van der Waals surface area contributed by atoms with E-state index in [-0.39, 0.29) is 5.76 Å². The van der Waals surface area contributed by atoms with Crippen molar-refractivity contribution in [2.75, 3.05) is 0 Å². The number of hydrogen-bond donors (Lipinski definition) is 3. The molecular weight excluding hydrogens is 301 g/mol. The molecule has 0 radical (unpaired) electrons. The zero-order valence-corrected chi connectivity index (χ0v) is 12.9. The van der Waals surface area contributed by atoms with Crippen LogP contribution in [0.5, 0.6) is 0 Å². The van der Waals surface area contributed by atoms with Crippen molar-refractivity contribution in [3.05, 3.63) is 35.3 Å². The SMILES string of the molecule is Cc1c(C(=O)N[C@@H]2CCCC[C@@H](O)[C@@H]2O)oc2ccc(F)cc12. The van der Waals surface area contributed by atoms with E-state index in [1.54, 1.807) is 6.92 Å². The normalized spacial score (nSPS) is 25.3. The van der Waals surface area contributed by atoms with E-state index in [2.05, 4.69) is 5.32 Å². The first-order valence-electron chi connectivity index (χ1n) is 7.83. The van der Waals surface area contributed by atoms with Gasteiger partial charge in [-0.3, -0.25) is 4.79 Å². The van der Waals surface area contributed by atoms with Crippen LogP contribution in [0.1, 0.15) is 41.8 Å². The number of benzene rings is 1. The molecule has 1 heterocycles. The van der Waals surface area contributed by atoms with Gasteiger partial charge in [-0.2, -0.15) is 0 Å². The molecule has 5 nitrogen and oxygen atoms in total. The highest BCUT2D eigenvalue weighted by atomic mass is 19.1. The van der Waals surface area contributed by atoms with Crippen molar-refractivity contribution < 1.29 is 23.8 Å². The third-order valence-electron chi connectivity index (χ3n) is 4.49. The summed E-state index contributed by atoms with van der Waals surface area (Å²) in [6, 6.07) is 3.57. The number of rotatable bonds is 2. The van der Waals surface area contributed by atoms with Crippen LogP contribution in [0, 0.1) is 12.7 Å². The van der Waals surface area contributed by atoms with Crippen LogP contribution in [-0.4, -0.2) is 34.4 Å². The average Bonchev–Trinajstić information content (AvgIpc) is 2.77. The summed E-state index contributed by atoms with van der Waals surface area (Å²) < 4.78 is 18.9. The third-order valence-corrected chi connectivity index (χ3v) is 4.49. The molecule has 3 N–H and O–H groups in total. The first-order chi connectivity index (χ1) is 11.0. The molecule has 1 fully saturated rings. The van der Waals surface area contributed by atoms with E-state index in [1.807, 2.05) is 0 Å². The Morgan fingerprint density at radius 3 is 2.83 bits per heavy atom. The number of nitrogens with one attached hydrogen (secondary N) is 1. The molecule has 1 aliphatic carbocycles. The van der Waals surface area contributed by atoms with Crippen molar-refractivity contribution in [1.82, 2.24) is 5.32 Å². The Kier molecular flexibility index (Phi) is 4.37. The monoisotopic (exact) mass is 321 g/mol. The summed E-state index contributed by atoms with van der Waals surface area (Å²) in [7, 11) is 0. The third kappa shape index (κ3) is 3.09. The van der Waals surface area contributed by atoms with Crippen molar-refractivity contribution in [3.8, 4) is 0 Å². The number of aryl methyl sites for hydroxylation is 1. The van der Waals surface area contributed by atoms with Gasteiger partial charge in [0.05, 0.1) is 12.1 Å². The molecule has 2 aromatic rings. The first-order valence-corrected chi connectivity index (χ1v) is 7.83. The first kappa shape index (κ1) is 16.0. The number of carbonyl (C=O) groups excluding carboxylic acids is 1. The zero-order chi connectivity index (χ0) is 16.6. The molecular formula is C17H20FNO4. The second-order valence-corrected chi connectivity index (χ2v) is 6.12. The fraction of sp³-hybridized carbons (Fsp3) is 0.471. The Morgan fingerprint density at radius 2 is 2.04 bits per heavy atom. The van der Waals surface area contributed by atoms with Crippen molar-refractivity contribution in [2.24, 2.45) is 0 Å². The number of halogens is 1. The van der Waals surface area contributed by atoms with Gasteiger partial charge in [-0.05, 0) is 38.0 Å². The van der Waals surface area contributed by atoms with Gasteiger partial charge in [0.15, 0.2) is 5.76 Å². The van der Waals surface area contributed by atoms with Crippen LogP contribution in [-0.2, 0) is 0 Å². The summed E-state index contributed by atoms with van der Waals surface area (Å²) in [4.78, 5) is 12.5. The maximum atomic E-state index is 13.3. The molecule has 1 amide bonds. The largest absolute Gasteiger partial charge is 0.451 e. The quantitative estimate of drug-likeness (QED) is 0.741. The molecule has 3 atom stereocenters. The number of carbonyl (C=O) groups is 1. The van der Waals surface area contributed by atoms with Gasteiger partial charge >= 0.3 is 0 Å². The Hall–Kier alpha value is -1.92. The van der Waals surface area contributed by atoms with Crippen molar-refractivity contribution in [3.63, 3.8) is 0 Å². The van der Waals surface area contributed by atoms with Gasteiger partial charge in [0, 0.05) is 10.9 Å². The number of aliphatic hydroxyl groups excluding tert-OH is 2. The second-order valence-electron chi connectivity index (χ2n) is 6.12. The molecule has 23 heavy (non-hydrogen) atoms. The molecule has 0 aliphatic heterocycles. The highest BCUT2D eigenvalue weighted by Gasteiger charge is 2.31. The van der Waals surface area contributed by atoms with Gasteiger partial charge in [0.1, 0.15) is 17.5 Å². The van der Waals surface area contributed by atoms with Gasteiger partial charge in [0.2, 0.25) is 0 Å².